The predicted octanol–water partition coefficient (Wildman–Crippen LogP) is 3.45. The van der Waals surface area contributed by atoms with Crippen LogP contribution in [0.25, 0.3) is 15.9 Å². The number of esters is 1. The zero-order valence-corrected chi connectivity index (χ0v) is 17.2. The van der Waals surface area contributed by atoms with E-state index >= 15 is 0 Å². The molecule has 0 radical (unpaired) electrons. The van der Waals surface area contributed by atoms with Gasteiger partial charge in [-0.1, -0.05) is 0 Å². The molecule has 0 saturated heterocycles. The van der Waals surface area contributed by atoms with E-state index in [4.69, 9.17) is 10.00 Å². The van der Waals surface area contributed by atoms with Gasteiger partial charge in [-0.2, -0.15) is 10.4 Å². The monoisotopic (exact) mass is 414 g/mol. The number of aromatic nitrogens is 2. The van der Waals surface area contributed by atoms with Crippen LogP contribution in [-0.4, -0.2) is 45.8 Å². The van der Waals surface area contributed by atoms with Crippen LogP contribution in [0.15, 0.2) is 30.3 Å². The van der Waals surface area contributed by atoms with Crippen LogP contribution in [0.5, 0.6) is 0 Å². The highest BCUT2D eigenvalue weighted by atomic mass is 32.1. The highest BCUT2D eigenvalue weighted by molar-refractivity contribution is 7.20. The molecule has 7 nitrogen and oxygen atoms in total. The van der Waals surface area contributed by atoms with Gasteiger partial charge in [-0.3, -0.25) is 4.79 Å². The van der Waals surface area contributed by atoms with E-state index in [1.54, 1.807) is 36.7 Å². The molecule has 150 valence electrons. The number of rotatable bonds is 5. The highest BCUT2D eigenvalue weighted by Gasteiger charge is 2.28. The lowest BCUT2D eigenvalue weighted by molar-refractivity contribution is -0.136. The number of hydrogen-bond donors (Lipinski definition) is 0. The first-order valence-corrected chi connectivity index (χ1v) is 9.56. The van der Waals surface area contributed by atoms with Gasteiger partial charge in [0.15, 0.2) is 6.61 Å². The Morgan fingerprint density at radius 3 is 2.62 bits per heavy atom. The quantitative estimate of drug-likeness (QED) is 0.597. The van der Waals surface area contributed by atoms with Crippen molar-refractivity contribution in [2.75, 3.05) is 13.7 Å². The van der Waals surface area contributed by atoms with Crippen molar-refractivity contribution in [1.82, 2.24) is 14.7 Å². The summed E-state index contributed by atoms with van der Waals surface area (Å²) in [6.45, 7) is 4.55. The molecular weight excluding hydrogens is 395 g/mol. The van der Waals surface area contributed by atoms with Gasteiger partial charge in [0.1, 0.15) is 21.1 Å². The molecule has 29 heavy (non-hydrogen) atoms. The average Bonchev–Trinajstić information content (AvgIpc) is 3.26. The number of fused-ring (bicyclic) bond motifs is 1. The number of nitriles is 1. The summed E-state index contributed by atoms with van der Waals surface area (Å²) >= 11 is 1.18. The largest absolute Gasteiger partial charge is 0.451 e. The Morgan fingerprint density at radius 1 is 1.34 bits per heavy atom. The predicted molar refractivity (Wildman–Crippen MR) is 106 cm³/mol. The van der Waals surface area contributed by atoms with Gasteiger partial charge in [0.25, 0.3) is 5.91 Å². The Labute approximate surface area is 170 Å². The van der Waals surface area contributed by atoms with Crippen LogP contribution >= 0.6 is 11.3 Å². The lowest BCUT2D eigenvalue weighted by Gasteiger charge is -2.28. The number of thiophene rings is 1. The standard InChI is InChI=1S/C20H19FN4O3S/c1-12-15-9-16(19(27)28-10-17(26)24(4)20(2,3)11-22)29-18(15)25(23-12)14-7-5-13(21)6-8-14/h5-9H,10H2,1-4H3. The smallest absolute Gasteiger partial charge is 0.348 e. The first-order valence-electron chi connectivity index (χ1n) is 8.74. The molecule has 2 heterocycles. The lowest BCUT2D eigenvalue weighted by Crippen LogP contribution is -2.45. The number of hydrogen-bond acceptors (Lipinski definition) is 6. The zero-order valence-electron chi connectivity index (χ0n) is 16.4. The van der Waals surface area contributed by atoms with Crippen LogP contribution in [-0.2, 0) is 9.53 Å². The molecule has 0 aliphatic heterocycles. The summed E-state index contributed by atoms with van der Waals surface area (Å²) in [5.41, 5.74) is 0.379. The fraction of sp³-hybridized carbons (Fsp3) is 0.300. The normalized spacial score (nSPS) is 11.3. The topological polar surface area (TPSA) is 88.2 Å². The summed E-state index contributed by atoms with van der Waals surface area (Å²) in [4.78, 5) is 26.9. The van der Waals surface area contributed by atoms with E-state index in [1.165, 1.54) is 35.4 Å². The third kappa shape index (κ3) is 3.98. The molecule has 0 unspecified atom stereocenters. The van der Waals surface area contributed by atoms with Crippen LogP contribution in [0, 0.1) is 24.1 Å². The third-order valence-corrected chi connectivity index (χ3v) is 5.72. The molecule has 0 N–H and O–H groups in total. The number of carbonyl (C=O) groups excluding carboxylic acids is 2. The van der Waals surface area contributed by atoms with Crippen molar-refractivity contribution >= 4 is 33.4 Å². The zero-order chi connectivity index (χ0) is 21.3. The number of carbonyl (C=O) groups is 2. The molecule has 0 spiro atoms. The van der Waals surface area contributed by atoms with E-state index in [0.717, 1.165) is 10.2 Å². The second-order valence-corrected chi connectivity index (χ2v) is 8.03. The summed E-state index contributed by atoms with van der Waals surface area (Å²) in [7, 11) is 1.49. The lowest BCUT2D eigenvalue weighted by atomic mass is 10.1. The maximum Gasteiger partial charge on any atom is 0.348 e. The molecule has 9 heteroatoms. The first kappa shape index (κ1) is 20.5. The molecule has 0 aliphatic rings. The van der Waals surface area contributed by atoms with E-state index in [2.05, 4.69) is 5.10 Å². The van der Waals surface area contributed by atoms with Crippen molar-refractivity contribution in [3.8, 4) is 11.8 Å². The number of amides is 1. The second-order valence-electron chi connectivity index (χ2n) is 7.00. The Balaban J connectivity index is 1.79. The van der Waals surface area contributed by atoms with Gasteiger partial charge in [0.05, 0.1) is 17.5 Å². The Bertz CT molecular complexity index is 1130. The van der Waals surface area contributed by atoms with Gasteiger partial charge >= 0.3 is 5.97 Å². The maximum absolute atomic E-state index is 13.2. The molecule has 0 atom stereocenters. The number of aryl methyl sites for hydroxylation is 1. The van der Waals surface area contributed by atoms with E-state index in [9.17, 15) is 14.0 Å². The fourth-order valence-corrected chi connectivity index (χ4v) is 3.66. The van der Waals surface area contributed by atoms with Gasteiger partial charge in [-0.05, 0) is 51.1 Å². The number of likely N-dealkylation sites (N-methyl/N-ethyl adjacent to an activating group) is 1. The molecule has 3 aromatic rings. The molecule has 1 aromatic carbocycles. The number of halogens is 1. The minimum atomic E-state index is -1.00. The van der Waals surface area contributed by atoms with Crippen LogP contribution in [0.1, 0.15) is 29.2 Å². The minimum absolute atomic E-state index is 0.325. The Hall–Kier alpha value is -3.25. The minimum Gasteiger partial charge on any atom is -0.451 e. The van der Waals surface area contributed by atoms with Crippen LogP contribution in [0.3, 0.4) is 0 Å². The van der Waals surface area contributed by atoms with E-state index in [0.29, 0.717) is 16.3 Å². The van der Waals surface area contributed by atoms with Crippen LogP contribution < -0.4 is 0 Å². The summed E-state index contributed by atoms with van der Waals surface area (Å²) in [6, 6.07) is 9.57. The highest BCUT2D eigenvalue weighted by Crippen LogP contribution is 2.31. The second kappa shape index (κ2) is 7.64. The van der Waals surface area contributed by atoms with E-state index in [-0.39, 0.29) is 5.82 Å². The summed E-state index contributed by atoms with van der Waals surface area (Å²) < 4.78 is 20.0. The van der Waals surface area contributed by atoms with Crippen molar-refractivity contribution < 1.29 is 18.7 Å². The van der Waals surface area contributed by atoms with Gasteiger partial charge in [0.2, 0.25) is 0 Å². The summed E-state index contributed by atoms with van der Waals surface area (Å²) in [5, 5.41) is 14.3. The van der Waals surface area contributed by atoms with Crippen molar-refractivity contribution in [3.05, 3.63) is 46.7 Å². The number of nitrogens with zero attached hydrogens (tertiary/aromatic N) is 4. The van der Waals surface area contributed by atoms with Crippen molar-refractivity contribution in [3.63, 3.8) is 0 Å². The average molecular weight is 414 g/mol. The number of ether oxygens (including phenoxy) is 1. The molecule has 2 aromatic heterocycles. The van der Waals surface area contributed by atoms with Crippen LogP contribution in [0.4, 0.5) is 4.39 Å². The SMILES string of the molecule is Cc1nn(-c2ccc(F)cc2)c2sc(C(=O)OCC(=O)N(C)C(C)(C)C#N)cc12. The van der Waals surface area contributed by atoms with Crippen molar-refractivity contribution in [2.24, 2.45) is 0 Å². The molecule has 0 aliphatic carbocycles. The van der Waals surface area contributed by atoms with Gasteiger partial charge < -0.3 is 9.64 Å². The third-order valence-electron chi connectivity index (χ3n) is 4.63. The molecule has 0 fully saturated rings. The fourth-order valence-electron chi connectivity index (χ4n) is 2.59. The van der Waals surface area contributed by atoms with Gasteiger partial charge in [-0.15, -0.1) is 11.3 Å². The molecular formula is C20H19FN4O3S. The van der Waals surface area contributed by atoms with Gasteiger partial charge in [-0.25, -0.2) is 13.9 Å². The van der Waals surface area contributed by atoms with Crippen molar-refractivity contribution in [1.29, 1.82) is 5.26 Å². The van der Waals surface area contributed by atoms with Crippen molar-refractivity contribution in [2.45, 2.75) is 26.3 Å². The summed E-state index contributed by atoms with van der Waals surface area (Å²) in [6.07, 6.45) is 0. The van der Waals surface area contributed by atoms with E-state index in [1.807, 2.05) is 13.0 Å². The molecule has 0 bridgehead atoms. The summed E-state index contributed by atoms with van der Waals surface area (Å²) in [5.74, 6) is -1.45. The maximum atomic E-state index is 13.2. The molecule has 3 rings (SSSR count). The molecule has 1 amide bonds. The Kier molecular flexibility index (Phi) is 5.40. The van der Waals surface area contributed by atoms with E-state index < -0.39 is 24.0 Å². The van der Waals surface area contributed by atoms with Gasteiger partial charge in [0, 0.05) is 12.4 Å². The molecule has 0 saturated carbocycles. The van der Waals surface area contributed by atoms with Crippen LogP contribution in [0.2, 0.25) is 0 Å². The Morgan fingerprint density at radius 2 is 2.00 bits per heavy atom. The first-order chi connectivity index (χ1) is 13.6. The number of benzene rings is 1.